The van der Waals surface area contributed by atoms with Crippen LogP contribution in [0.4, 0.5) is 4.39 Å². The topological polar surface area (TPSA) is 20.3 Å². The molecule has 2 aromatic rings. The number of halogens is 3. The summed E-state index contributed by atoms with van der Waals surface area (Å²) in [6.45, 7) is 0.430. The number of hydrogen-bond acceptors (Lipinski definition) is 1. The molecule has 0 aliphatic heterocycles. The molecule has 0 N–H and O–H groups in total. The van der Waals surface area contributed by atoms with Gasteiger partial charge in [0.25, 0.3) is 5.91 Å². The summed E-state index contributed by atoms with van der Waals surface area (Å²) in [6.07, 6.45) is 0. The van der Waals surface area contributed by atoms with Gasteiger partial charge in [-0.2, -0.15) is 0 Å². The lowest BCUT2D eigenvalue weighted by atomic mass is 10.1. The van der Waals surface area contributed by atoms with E-state index in [4.69, 9.17) is 11.6 Å². The Hall–Kier alpha value is -1.39. The van der Waals surface area contributed by atoms with Crippen molar-refractivity contribution in [3.05, 3.63) is 68.9 Å². The lowest BCUT2D eigenvalue weighted by molar-refractivity contribution is 0.0785. The minimum Gasteiger partial charge on any atom is -0.337 e. The molecule has 0 heterocycles. The van der Waals surface area contributed by atoms with E-state index in [1.807, 2.05) is 24.3 Å². The first-order valence-corrected chi connectivity index (χ1v) is 7.10. The van der Waals surface area contributed by atoms with Gasteiger partial charge in [-0.05, 0) is 29.8 Å². The molecule has 0 aliphatic rings. The first-order chi connectivity index (χ1) is 9.49. The van der Waals surface area contributed by atoms with Crippen LogP contribution in [0.25, 0.3) is 0 Å². The van der Waals surface area contributed by atoms with Gasteiger partial charge in [-0.15, -0.1) is 0 Å². The molecule has 0 atom stereocenters. The van der Waals surface area contributed by atoms with Gasteiger partial charge in [0.1, 0.15) is 5.82 Å². The maximum atomic E-state index is 13.4. The number of nitrogens with zero attached hydrogens (tertiary/aromatic N) is 1. The minimum absolute atomic E-state index is 0.139. The predicted molar refractivity (Wildman–Crippen MR) is 81.3 cm³/mol. The molecule has 2 rings (SSSR count). The molecule has 0 aromatic heterocycles. The van der Waals surface area contributed by atoms with Crippen molar-refractivity contribution in [1.29, 1.82) is 0 Å². The fourth-order valence-corrected chi connectivity index (χ4v) is 2.28. The molecule has 0 bridgehead atoms. The van der Waals surface area contributed by atoms with Crippen LogP contribution in [0, 0.1) is 5.82 Å². The highest BCUT2D eigenvalue weighted by molar-refractivity contribution is 9.10. The van der Waals surface area contributed by atoms with Crippen LogP contribution >= 0.6 is 27.5 Å². The predicted octanol–water partition coefficient (Wildman–Crippen LogP) is 4.51. The van der Waals surface area contributed by atoms with E-state index in [1.54, 1.807) is 7.05 Å². The molecule has 5 heteroatoms. The molecule has 0 saturated heterocycles. The smallest absolute Gasteiger partial charge is 0.255 e. The number of carbonyl (C=O) groups excluding carboxylic acids is 1. The monoisotopic (exact) mass is 355 g/mol. The Morgan fingerprint density at radius 3 is 2.55 bits per heavy atom. The van der Waals surface area contributed by atoms with Crippen LogP contribution in [0.5, 0.6) is 0 Å². The van der Waals surface area contributed by atoms with Gasteiger partial charge in [-0.25, -0.2) is 4.39 Å². The molecule has 0 saturated carbocycles. The van der Waals surface area contributed by atoms with Crippen molar-refractivity contribution in [2.75, 3.05) is 7.05 Å². The summed E-state index contributed by atoms with van der Waals surface area (Å²) < 4.78 is 14.3. The van der Waals surface area contributed by atoms with Crippen LogP contribution < -0.4 is 0 Å². The van der Waals surface area contributed by atoms with Gasteiger partial charge in [0, 0.05) is 18.1 Å². The number of carbonyl (C=O) groups is 1. The third-order valence-electron chi connectivity index (χ3n) is 2.86. The van der Waals surface area contributed by atoms with Gasteiger partial charge in [-0.3, -0.25) is 4.79 Å². The van der Waals surface area contributed by atoms with Crippen molar-refractivity contribution in [2.45, 2.75) is 6.54 Å². The van der Waals surface area contributed by atoms with Crippen molar-refractivity contribution in [2.24, 2.45) is 0 Å². The van der Waals surface area contributed by atoms with Crippen LogP contribution in [0.2, 0.25) is 5.02 Å². The zero-order valence-electron chi connectivity index (χ0n) is 10.7. The Kier molecular flexibility index (Phi) is 4.78. The molecule has 104 valence electrons. The molecule has 2 aromatic carbocycles. The van der Waals surface area contributed by atoms with E-state index < -0.39 is 5.82 Å². The molecule has 1 amide bonds. The summed E-state index contributed by atoms with van der Waals surface area (Å²) in [5.41, 5.74) is 1.16. The number of benzene rings is 2. The summed E-state index contributed by atoms with van der Waals surface area (Å²) in [5.74, 6) is -0.896. The fraction of sp³-hybridized carbons (Fsp3) is 0.133. The first-order valence-electron chi connectivity index (χ1n) is 5.93. The van der Waals surface area contributed by atoms with E-state index in [1.165, 1.54) is 23.1 Å². The zero-order chi connectivity index (χ0) is 14.7. The summed E-state index contributed by atoms with van der Waals surface area (Å²) in [5, 5.41) is -0.139. The van der Waals surface area contributed by atoms with Gasteiger partial charge in [-0.1, -0.05) is 45.7 Å². The van der Waals surface area contributed by atoms with E-state index in [0.717, 1.165) is 10.0 Å². The van der Waals surface area contributed by atoms with Crippen LogP contribution in [-0.4, -0.2) is 17.9 Å². The van der Waals surface area contributed by atoms with Gasteiger partial charge in [0.15, 0.2) is 0 Å². The SMILES string of the molecule is CN(Cc1ccc(Br)cc1)C(=O)c1cccc(F)c1Cl. The molecular weight excluding hydrogens is 345 g/mol. The zero-order valence-corrected chi connectivity index (χ0v) is 13.1. The third-order valence-corrected chi connectivity index (χ3v) is 3.77. The Morgan fingerprint density at radius 2 is 1.90 bits per heavy atom. The highest BCUT2D eigenvalue weighted by Crippen LogP contribution is 2.21. The Balaban J connectivity index is 2.16. The fourth-order valence-electron chi connectivity index (χ4n) is 1.81. The molecule has 0 aliphatic carbocycles. The average Bonchev–Trinajstić information content (AvgIpc) is 2.43. The lowest BCUT2D eigenvalue weighted by Gasteiger charge is -2.18. The average molecular weight is 357 g/mol. The van der Waals surface area contributed by atoms with Gasteiger partial charge >= 0.3 is 0 Å². The standard InChI is InChI=1S/C15H12BrClFNO/c1-19(9-10-5-7-11(16)8-6-10)15(20)12-3-2-4-13(18)14(12)17/h2-8H,9H2,1H3. The Morgan fingerprint density at radius 1 is 1.25 bits per heavy atom. The highest BCUT2D eigenvalue weighted by Gasteiger charge is 2.17. The minimum atomic E-state index is -0.588. The van der Waals surface area contributed by atoms with E-state index in [0.29, 0.717) is 6.54 Å². The van der Waals surface area contributed by atoms with E-state index in [-0.39, 0.29) is 16.5 Å². The van der Waals surface area contributed by atoms with E-state index in [9.17, 15) is 9.18 Å². The van der Waals surface area contributed by atoms with E-state index in [2.05, 4.69) is 15.9 Å². The first kappa shape index (κ1) is 15.0. The number of amides is 1. The quantitative estimate of drug-likeness (QED) is 0.792. The second-order valence-electron chi connectivity index (χ2n) is 4.39. The summed E-state index contributed by atoms with van der Waals surface area (Å²) in [4.78, 5) is 13.8. The van der Waals surface area contributed by atoms with E-state index >= 15 is 0 Å². The van der Waals surface area contributed by atoms with Crippen molar-refractivity contribution >= 4 is 33.4 Å². The highest BCUT2D eigenvalue weighted by atomic mass is 79.9. The maximum absolute atomic E-state index is 13.4. The van der Waals surface area contributed by atoms with Crippen LogP contribution in [0.1, 0.15) is 15.9 Å². The molecule has 0 unspecified atom stereocenters. The third kappa shape index (κ3) is 3.38. The summed E-state index contributed by atoms with van der Waals surface area (Å²) in [6, 6.07) is 11.9. The van der Waals surface area contributed by atoms with Crippen molar-refractivity contribution < 1.29 is 9.18 Å². The summed E-state index contributed by atoms with van der Waals surface area (Å²) in [7, 11) is 1.66. The Labute approximate surface area is 130 Å². The maximum Gasteiger partial charge on any atom is 0.255 e. The normalized spacial score (nSPS) is 10.4. The number of rotatable bonds is 3. The van der Waals surface area contributed by atoms with Crippen LogP contribution in [-0.2, 0) is 6.54 Å². The number of hydrogen-bond donors (Lipinski definition) is 0. The van der Waals surface area contributed by atoms with Crippen molar-refractivity contribution in [3.63, 3.8) is 0 Å². The van der Waals surface area contributed by atoms with Gasteiger partial charge in [0.05, 0.1) is 10.6 Å². The van der Waals surface area contributed by atoms with Crippen molar-refractivity contribution in [3.8, 4) is 0 Å². The largest absolute Gasteiger partial charge is 0.337 e. The molecule has 2 nitrogen and oxygen atoms in total. The second-order valence-corrected chi connectivity index (χ2v) is 5.68. The summed E-state index contributed by atoms with van der Waals surface area (Å²) >= 11 is 9.18. The second kappa shape index (κ2) is 6.37. The van der Waals surface area contributed by atoms with Crippen molar-refractivity contribution in [1.82, 2.24) is 4.90 Å². The van der Waals surface area contributed by atoms with Crippen LogP contribution in [0.3, 0.4) is 0 Å². The molecule has 0 radical (unpaired) electrons. The molecular formula is C15H12BrClFNO. The molecule has 0 fully saturated rings. The van der Waals surface area contributed by atoms with Gasteiger partial charge < -0.3 is 4.90 Å². The molecule has 20 heavy (non-hydrogen) atoms. The lowest BCUT2D eigenvalue weighted by Crippen LogP contribution is -2.26. The Bertz CT molecular complexity index is 630. The van der Waals surface area contributed by atoms with Gasteiger partial charge in [0.2, 0.25) is 0 Å². The van der Waals surface area contributed by atoms with Crippen LogP contribution in [0.15, 0.2) is 46.9 Å². The molecule has 0 spiro atoms.